The van der Waals surface area contributed by atoms with Gasteiger partial charge in [0.15, 0.2) is 0 Å². The van der Waals surface area contributed by atoms with E-state index in [9.17, 15) is 0 Å². The minimum Gasteiger partial charge on any atom is -0.399 e. The molecule has 2 aromatic rings. The van der Waals surface area contributed by atoms with Crippen LogP contribution in [0.5, 0.6) is 0 Å². The molecule has 0 saturated carbocycles. The topological polar surface area (TPSA) is 29.3 Å². The molecule has 2 nitrogen and oxygen atoms in total. The number of likely N-dealkylation sites (N-methyl/N-ethyl adjacent to an activating group) is 1. The van der Waals surface area contributed by atoms with Crippen LogP contribution in [0.15, 0.2) is 48.5 Å². The molecule has 0 spiro atoms. The van der Waals surface area contributed by atoms with E-state index in [4.69, 9.17) is 5.73 Å². The summed E-state index contributed by atoms with van der Waals surface area (Å²) in [6.07, 6.45) is 2.15. The lowest BCUT2D eigenvalue weighted by molar-refractivity contribution is 0.876. The summed E-state index contributed by atoms with van der Waals surface area (Å²) in [6.45, 7) is 3.18. The number of rotatable bonds is 5. The Bertz CT molecular complexity index is 517. The molecule has 0 saturated heterocycles. The number of aryl methyl sites for hydroxylation is 1. The van der Waals surface area contributed by atoms with Crippen molar-refractivity contribution in [2.24, 2.45) is 0 Å². The Hall–Kier alpha value is -1.96. The van der Waals surface area contributed by atoms with Crippen LogP contribution in [-0.2, 0) is 12.8 Å². The van der Waals surface area contributed by atoms with Gasteiger partial charge in [0.25, 0.3) is 0 Å². The van der Waals surface area contributed by atoms with Gasteiger partial charge in [0.1, 0.15) is 0 Å². The van der Waals surface area contributed by atoms with E-state index >= 15 is 0 Å². The van der Waals surface area contributed by atoms with Gasteiger partial charge in [-0.1, -0.05) is 37.3 Å². The Morgan fingerprint density at radius 1 is 1.00 bits per heavy atom. The van der Waals surface area contributed by atoms with Crippen molar-refractivity contribution in [2.75, 3.05) is 24.2 Å². The fourth-order valence-corrected chi connectivity index (χ4v) is 2.13. The minimum absolute atomic E-state index is 0.816. The molecule has 2 aromatic carbocycles. The van der Waals surface area contributed by atoms with Crippen molar-refractivity contribution in [1.82, 2.24) is 0 Å². The van der Waals surface area contributed by atoms with E-state index in [2.05, 4.69) is 49.2 Å². The Morgan fingerprint density at radius 2 is 1.68 bits per heavy atom. The van der Waals surface area contributed by atoms with Crippen molar-refractivity contribution in [2.45, 2.75) is 19.8 Å². The Kier molecular flexibility index (Phi) is 4.45. The summed E-state index contributed by atoms with van der Waals surface area (Å²) < 4.78 is 0. The number of benzene rings is 2. The summed E-state index contributed by atoms with van der Waals surface area (Å²) >= 11 is 0. The molecule has 0 aromatic heterocycles. The first kappa shape index (κ1) is 13.5. The largest absolute Gasteiger partial charge is 0.399 e. The zero-order valence-electron chi connectivity index (χ0n) is 11.8. The monoisotopic (exact) mass is 254 g/mol. The highest BCUT2D eigenvalue weighted by Gasteiger charge is 2.02. The molecule has 2 N–H and O–H groups in total. The van der Waals surface area contributed by atoms with Gasteiger partial charge in [0.2, 0.25) is 0 Å². The predicted octanol–water partition coefficient (Wildman–Crippen LogP) is 3.51. The molecular weight excluding hydrogens is 232 g/mol. The maximum absolute atomic E-state index is 5.81. The summed E-state index contributed by atoms with van der Waals surface area (Å²) in [4.78, 5) is 2.24. The predicted molar refractivity (Wildman–Crippen MR) is 83.6 cm³/mol. The second-order valence-electron chi connectivity index (χ2n) is 4.94. The van der Waals surface area contributed by atoms with Crippen LogP contribution < -0.4 is 10.6 Å². The number of hydrogen-bond acceptors (Lipinski definition) is 2. The fraction of sp³-hybridized carbons (Fsp3) is 0.294. The maximum Gasteiger partial charge on any atom is 0.0384 e. The molecule has 0 heterocycles. The van der Waals surface area contributed by atoms with Crippen molar-refractivity contribution in [1.29, 1.82) is 0 Å². The van der Waals surface area contributed by atoms with Crippen LogP contribution >= 0.6 is 0 Å². The molecule has 0 fully saturated rings. The van der Waals surface area contributed by atoms with Gasteiger partial charge in [-0.3, -0.25) is 0 Å². The summed E-state index contributed by atoms with van der Waals surface area (Å²) in [5.74, 6) is 0. The Morgan fingerprint density at radius 3 is 2.32 bits per heavy atom. The zero-order chi connectivity index (χ0) is 13.7. The average molecular weight is 254 g/mol. The zero-order valence-corrected chi connectivity index (χ0v) is 11.8. The van der Waals surface area contributed by atoms with E-state index in [0.717, 1.165) is 25.1 Å². The summed E-state index contributed by atoms with van der Waals surface area (Å²) in [7, 11) is 2.11. The molecule has 0 radical (unpaired) electrons. The molecule has 100 valence electrons. The highest BCUT2D eigenvalue weighted by atomic mass is 15.1. The second-order valence-corrected chi connectivity index (χ2v) is 4.94. The second kappa shape index (κ2) is 6.28. The van der Waals surface area contributed by atoms with Crippen molar-refractivity contribution in [3.8, 4) is 0 Å². The van der Waals surface area contributed by atoms with Crippen LogP contribution in [0.1, 0.15) is 18.1 Å². The fourth-order valence-electron chi connectivity index (χ4n) is 2.13. The van der Waals surface area contributed by atoms with E-state index in [1.54, 1.807) is 0 Å². The Labute approximate surface area is 115 Å². The average Bonchev–Trinajstić information content (AvgIpc) is 2.45. The van der Waals surface area contributed by atoms with Gasteiger partial charge >= 0.3 is 0 Å². The van der Waals surface area contributed by atoms with Gasteiger partial charge in [0, 0.05) is 25.0 Å². The Balaban J connectivity index is 1.94. The van der Waals surface area contributed by atoms with Crippen molar-refractivity contribution < 1.29 is 0 Å². The molecule has 0 aliphatic rings. The lowest BCUT2D eigenvalue weighted by atomic mass is 10.1. The maximum atomic E-state index is 5.81. The van der Waals surface area contributed by atoms with Gasteiger partial charge in [-0.15, -0.1) is 0 Å². The van der Waals surface area contributed by atoms with Crippen LogP contribution in [0.3, 0.4) is 0 Å². The lowest BCUT2D eigenvalue weighted by Crippen LogP contribution is -2.20. The smallest absolute Gasteiger partial charge is 0.0384 e. The summed E-state index contributed by atoms with van der Waals surface area (Å²) in [5, 5.41) is 0. The molecule has 19 heavy (non-hydrogen) atoms. The molecule has 0 aliphatic carbocycles. The molecular formula is C17H22N2. The first-order valence-corrected chi connectivity index (χ1v) is 6.83. The number of hydrogen-bond donors (Lipinski definition) is 1. The van der Waals surface area contributed by atoms with Gasteiger partial charge in [-0.05, 0) is 42.2 Å². The normalized spacial score (nSPS) is 10.4. The number of anilines is 2. The van der Waals surface area contributed by atoms with E-state index in [0.29, 0.717) is 0 Å². The van der Waals surface area contributed by atoms with E-state index < -0.39 is 0 Å². The molecule has 2 heteroatoms. The molecule has 0 amide bonds. The van der Waals surface area contributed by atoms with Crippen molar-refractivity contribution >= 4 is 11.4 Å². The van der Waals surface area contributed by atoms with Gasteiger partial charge in [-0.25, -0.2) is 0 Å². The third-order valence-corrected chi connectivity index (χ3v) is 3.48. The van der Waals surface area contributed by atoms with Gasteiger partial charge < -0.3 is 10.6 Å². The van der Waals surface area contributed by atoms with Gasteiger partial charge in [0.05, 0.1) is 0 Å². The van der Waals surface area contributed by atoms with Crippen LogP contribution in [0.2, 0.25) is 0 Å². The number of nitrogen functional groups attached to an aromatic ring is 1. The molecule has 0 bridgehead atoms. The van der Waals surface area contributed by atoms with Crippen LogP contribution in [0.25, 0.3) is 0 Å². The van der Waals surface area contributed by atoms with E-state index in [1.807, 2.05) is 18.2 Å². The SMILES string of the molecule is CCc1ccc(CCN(C)c2cccc(N)c2)cc1. The van der Waals surface area contributed by atoms with Gasteiger partial charge in [-0.2, -0.15) is 0 Å². The highest BCUT2D eigenvalue weighted by Crippen LogP contribution is 2.16. The van der Waals surface area contributed by atoms with Crippen molar-refractivity contribution in [3.05, 3.63) is 59.7 Å². The molecule has 2 rings (SSSR count). The van der Waals surface area contributed by atoms with Crippen LogP contribution in [-0.4, -0.2) is 13.6 Å². The standard InChI is InChI=1S/C17H22N2/c1-3-14-7-9-15(10-8-14)11-12-19(2)17-6-4-5-16(18)13-17/h4-10,13H,3,11-12,18H2,1-2H3. The third kappa shape index (κ3) is 3.75. The minimum atomic E-state index is 0.816. The highest BCUT2D eigenvalue weighted by molar-refractivity contribution is 5.55. The van der Waals surface area contributed by atoms with E-state index in [-0.39, 0.29) is 0 Å². The van der Waals surface area contributed by atoms with Crippen molar-refractivity contribution in [3.63, 3.8) is 0 Å². The van der Waals surface area contributed by atoms with Crippen LogP contribution in [0.4, 0.5) is 11.4 Å². The molecule has 0 aliphatic heterocycles. The number of nitrogens with zero attached hydrogens (tertiary/aromatic N) is 1. The molecule has 0 unspecified atom stereocenters. The van der Waals surface area contributed by atoms with Crippen LogP contribution in [0, 0.1) is 0 Å². The molecule has 0 atom stereocenters. The lowest BCUT2D eigenvalue weighted by Gasteiger charge is -2.19. The van der Waals surface area contributed by atoms with E-state index in [1.165, 1.54) is 16.8 Å². The third-order valence-electron chi connectivity index (χ3n) is 3.48. The number of nitrogens with two attached hydrogens (primary N) is 1. The first-order chi connectivity index (χ1) is 9.19. The summed E-state index contributed by atoms with van der Waals surface area (Å²) in [5.41, 5.74) is 10.6. The quantitative estimate of drug-likeness (QED) is 0.827. The first-order valence-electron chi connectivity index (χ1n) is 6.83. The summed E-state index contributed by atoms with van der Waals surface area (Å²) in [6, 6.07) is 16.9.